The van der Waals surface area contributed by atoms with Crippen molar-refractivity contribution in [2.75, 3.05) is 0 Å². The van der Waals surface area contributed by atoms with E-state index in [2.05, 4.69) is 0 Å². The average Bonchev–Trinajstić information content (AvgIpc) is 3.00. The van der Waals surface area contributed by atoms with Crippen LogP contribution in [0.3, 0.4) is 0 Å². The lowest BCUT2D eigenvalue weighted by molar-refractivity contribution is -0.170. The van der Waals surface area contributed by atoms with Gasteiger partial charge in [-0.05, 0) is 31.5 Å². The van der Waals surface area contributed by atoms with Gasteiger partial charge >= 0.3 is 5.97 Å². The van der Waals surface area contributed by atoms with Crippen molar-refractivity contribution in [3.05, 3.63) is 76.8 Å². The molecule has 2 aromatic carbocycles. The zero-order valence-corrected chi connectivity index (χ0v) is 17.2. The summed E-state index contributed by atoms with van der Waals surface area (Å²) in [6.45, 7) is 3.43. The summed E-state index contributed by atoms with van der Waals surface area (Å²) in [6.07, 6.45) is 0.537. The molecule has 0 radical (unpaired) electrons. The number of ether oxygens (including phenoxy) is 1. The van der Waals surface area contributed by atoms with Crippen molar-refractivity contribution < 1.29 is 19.4 Å². The van der Waals surface area contributed by atoms with Crippen molar-refractivity contribution in [1.29, 1.82) is 0 Å². The number of carbonyl (C=O) groups is 2. The first-order chi connectivity index (χ1) is 13.9. The molecule has 2 unspecified atom stereocenters. The smallest absolute Gasteiger partial charge is 0.356 e. The molecule has 2 aromatic rings. The summed E-state index contributed by atoms with van der Waals surface area (Å²) in [6, 6.07) is 19.0. The summed E-state index contributed by atoms with van der Waals surface area (Å²) in [7, 11) is 0. The Bertz CT molecular complexity index is 950. The third-order valence-corrected chi connectivity index (χ3v) is 6.39. The number of nitrogens with zero attached hydrogens (tertiary/aromatic N) is 1. The number of aliphatic hydroxyl groups is 1. The Kier molecular flexibility index (Phi) is 5.23. The van der Waals surface area contributed by atoms with Crippen LogP contribution in [0.1, 0.15) is 25.8 Å². The van der Waals surface area contributed by atoms with Crippen molar-refractivity contribution in [1.82, 2.24) is 4.90 Å². The van der Waals surface area contributed by atoms with E-state index < -0.39 is 17.5 Å². The highest BCUT2D eigenvalue weighted by molar-refractivity contribution is 8.03. The summed E-state index contributed by atoms with van der Waals surface area (Å²) in [5, 5.41) is 10.4. The van der Waals surface area contributed by atoms with Gasteiger partial charge in [0.2, 0.25) is 5.91 Å². The molecule has 2 aliphatic rings. The zero-order chi connectivity index (χ0) is 20.6. The van der Waals surface area contributed by atoms with Crippen molar-refractivity contribution in [2.45, 2.75) is 43.4 Å². The molecular weight excluding hydrogens is 386 g/mol. The number of fused-ring (bicyclic) bond motifs is 1. The van der Waals surface area contributed by atoms with Gasteiger partial charge in [-0.3, -0.25) is 4.79 Å². The Morgan fingerprint density at radius 2 is 1.76 bits per heavy atom. The molecule has 29 heavy (non-hydrogen) atoms. The van der Waals surface area contributed by atoms with E-state index in [-0.39, 0.29) is 18.6 Å². The number of amides is 1. The fourth-order valence-corrected chi connectivity index (χ4v) is 5.06. The number of hydrogen-bond acceptors (Lipinski definition) is 5. The standard InChI is InChI=1S/C23H23NO4S/c1-23(2,27)19-17-13-18(29-16-11-7-4-8-12-16)20(24(17)21(19)25)22(26)28-14-15-9-5-3-6-10-15/h3-12,17,19,27H,13-14H2,1-2H3. The van der Waals surface area contributed by atoms with Crippen molar-refractivity contribution in [3.63, 3.8) is 0 Å². The third-order valence-electron chi connectivity index (χ3n) is 5.27. The SMILES string of the molecule is CC(C)(O)C1C(=O)N2C(C(=O)OCc3ccccc3)=C(Sc3ccccc3)CC12. The molecule has 2 aliphatic heterocycles. The van der Waals surface area contributed by atoms with E-state index in [1.807, 2.05) is 60.7 Å². The summed E-state index contributed by atoms with van der Waals surface area (Å²) in [5.41, 5.74) is 0.0623. The maximum Gasteiger partial charge on any atom is 0.356 e. The van der Waals surface area contributed by atoms with E-state index in [0.717, 1.165) is 15.4 Å². The number of hydrogen-bond donors (Lipinski definition) is 1. The highest BCUT2D eigenvalue weighted by Gasteiger charge is 2.60. The zero-order valence-electron chi connectivity index (χ0n) is 16.4. The highest BCUT2D eigenvalue weighted by Crippen LogP contribution is 2.50. The van der Waals surface area contributed by atoms with Crippen LogP contribution in [0.5, 0.6) is 0 Å². The van der Waals surface area contributed by atoms with Crippen molar-refractivity contribution in [2.24, 2.45) is 5.92 Å². The third kappa shape index (κ3) is 3.82. The normalized spacial score (nSPS) is 21.1. The van der Waals surface area contributed by atoms with Crippen LogP contribution in [0.4, 0.5) is 0 Å². The van der Waals surface area contributed by atoms with E-state index >= 15 is 0 Å². The number of β-lactam (4-membered cyclic amide) rings is 1. The lowest BCUT2D eigenvalue weighted by atomic mass is 9.76. The topological polar surface area (TPSA) is 66.8 Å². The molecule has 150 valence electrons. The lowest BCUT2D eigenvalue weighted by Gasteiger charge is -2.48. The molecule has 0 saturated carbocycles. The Hall–Kier alpha value is -2.57. The van der Waals surface area contributed by atoms with Gasteiger partial charge in [0.05, 0.1) is 17.6 Å². The van der Waals surface area contributed by atoms with E-state index in [4.69, 9.17) is 4.74 Å². The summed E-state index contributed by atoms with van der Waals surface area (Å²) in [4.78, 5) is 29.1. The van der Waals surface area contributed by atoms with E-state index in [1.165, 1.54) is 16.7 Å². The molecule has 0 bridgehead atoms. The van der Waals surface area contributed by atoms with Gasteiger partial charge in [0.1, 0.15) is 12.3 Å². The predicted octanol–water partition coefficient (Wildman–Crippen LogP) is 3.74. The molecule has 1 fully saturated rings. The lowest BCUT2D eigenvalue weighted by Crippen LogP contribution is -2.65. The molecule has 0 aromatic heterocycles. The quantitative estimate of drug-likeness (QED) is 0.582. The number of esters is 1. The van der Waals surface area contributed by atoms with Crippen LogP contribution < -0.4 is 0 Å². The van der Waals surface area contributed by atoms with Crippen molar-refractivity contribution in [3.8, 4) is 0 Å². The fraction of sp³-hybridized carbons (Fsp3) is 0.304. The Morgan fingerprint density at radius 3 is 2.38 bits per heavy atom. The van der Waals surface area contributed by atoms with Crippen LogP contribution in [-0.4, -0.2) is 33.5 Å². The van der Waals surface area contributed by atoms with E-state index in [1.54, 1.807) is 13.8 Å². The molecule has 4 rings (SSSR count). The monoisotopic (exact) mass is 409 g/mol. The van der Waals surface area contributed by atoms with Crippen LogP contribution in [0, 0.1) is 5.92 Å². The number of benzene rings is 2. The first kappa shape index (κ1) is 19.7. The number of thioether (sulfide) groups is 1. The minimum Gasteiger partial charge on any atom is -0.456 e. The van der Waals surface area contributed by atoms with Crippen LogP contribution in [-0.2, 0) is 20.9 Å². The average molecular weight is 410 g/mol. The maximum absolute atomic E-state index is 13.0. The largest absolute Gasteiger partial charge is 0.456 e. The molecule has 0 spiro atoms. The van der Waals surface area contributed by atoms with Crippen LogP contribution in [0.15, 0.2) is 76.2 Å². The number of rotatable bonds is 6. The second-order valence-electron chi connectivity index (χ2n) is 7.86. The molecule has 0 aliphatic carbocycles. The van der Waals surface area contributed by atoms with Gasteiger partial charge in [-0.1, -0.05) is 60.3 Å². The van der Waals surface area contributed by atoms with Gasteiger partial charge in [0.15, 0.2) is 0 Å². The minimum absolute atomic E-state index is 0.147. The highest BCUT2D eigenvalue weighted by atomic mass is 32.2. The Balaban J connectivity index is 1.59. The maximum atomic E-state index is 13.0. The van der Waals surface area contributed by atoms with Gasteiger partial charge in [0, 0.05) is 16.2 Å². The fourth-order valence-electron chi connectivity index (χ4n) is 3.95. The van der Waals surface area contributed by atoms with E-state index in [9.17, 15) is 14.7 Å². The van der Waals surface area contributed by atoms with Crippen LogP contribution in [0.25, 0.3) is 0 Å². The second-order valence-corrected chi connectivity index (χ2v) is 9.03. The molecule has 1 amide bonds. The summed E-state index contributed by atoms with van der Waals surface area (Å²) in [5.74, 6) is -1.25. The second kappa shape index (κ2) is 7.69. The minimum atomic E-state index is -1.13. The van der Waals surface area contributed by atoms with Gasteiger partial charge in [-0.15, -0.1) is 0 Å². The van der Waals surface area contributed by atoms with Crippen LogP contribution >= 0.6 is 11.8 Å². The Morgan fingerprint density at radius 1 is 1.14 bits per heavy atom. The molecule has 6 heteroatoms. The Labute approximate surface area is 174 Å². The summed E-state index contributed by atoms with van der Waals surface area (Å²) < 4.78 is 5.54. The van der Waals surface area contributed by atoms with Gasteiger partial charge in [-0.25, -0.2) is 4.79 Å². The van der Waals surface area contributed by atoms with Crippen LogP contribution in [0.2, 0.25) is 0 Å². The molecule has 5 nitrogen and oxygen atoms in total. The summed E-state index contributed by atoms with van der Waals surface area (Å²) >= 11 is 1.47. The van der Waals surface area contributed by atoms with Gasteiger partial charge in [-0.2, -0.15) is 0 Å². The number of carbonyl (C=O) groups excluding carboxylic acids is 2. The molecule has 1 N–H and O–H groups in total. The van der Waals surface area contributed by atoms with Gasteiger partial charge in [0.25, 0.3) is 0 Å². The van der Waals surface area contributed by atoms with Crippen molar-refractivity contribution >= 4 is 23.6 Å². The molecule has 2 atom stereocenters. The molecular formula is C23H23NO4S. The first-order valence-corrected chi connectivity index (χ1v) is 10.4. The van der Waals surface area contributed by atoms with E-state index in [0.29, 0.717) is 12.1 Å². The predicted molar refractivity (Wildman–Crippen MR) is 111 cm³/mol. The first-order valence-electron chi connectivity index (χ1n) is 9.59. The molecule has 2 heterocycles. The molecule has 1 saturated heterocycles. The van der Waals surface area contributed by atoms with Gasteiger partial charge < -0.3 is 14.7 Å².